The van der Waals surface area contributed by atoms with Crippen LogP contribution in [0, 0.1) is 10.8 Å². The Morgan fingerprint density at radius 1 is 0.667 bits per heavy atom. The summed E-state index contributed by atoms with van der Waals surface area (Å²) in [5.41, 5.74) is -0.750. The Labute approximate surface area is 167 Å². The fraction of sp³-hybridized carbons (Fsp3) is 0.826. The highest BCUT2D eigenvalue weighted by atomic mass is 16.5. The lowest BCUT2D eigenvalue weighted by Crippen LogP contribution is -2.26. The second-order valence-corrected chi connectivity index (χ2v) is 8.53. The Hall–Kier alpha value is -1.32. The minimum atomic E-state index is -0.378. The van der Waals surface area contributed by atoms with Gasteiger partial charge in [-0.3, -0.25) is 9.59 Å². The maximum Gasteiger partial charge on any atom is 0.311 e. The van der Waals surface area contributed by atoms with Gasteiger partial charge in [0.25, 0.3) is 0 Å². The number of unbranched alkanes of at least 4 members (excludes halogenated alkanes) is 5. The predicted octanol–water partition coefficient (Wildman–Crippen LogP) is 6.23. The summed E-state index contributed by atoms with van der Waals surface area (Å²) in [5, 5.41) is 0. The van der Waals surface area contributed by atoms with E-state index in [1.165, 1.54) is 0 Å². The zero-order chi connectivity index (χ0) is 20.8. The smallest absolute Gasteiger partial charge is 0.311 e. The van der Waals surface area contributed by atoms with Gasteiger partial charge in [-0.2, -0.15) is 0 Å². The van der Waals surface area contributed by atoms with E-state index in [2.05, 4.69) is 12.2 Å². The minimum absolute atomic E-state index is 0.0870. The van der Waals surface area contributed by atoms with Gasteiger partial charge in [-0.05, 0) is 80.1 Å². The largest absolute Gasteiger partial charge is 0.466 e. The molecular weight excluding hydrogens is 340 g/mol. The van der Waals surface area contributed by atoms with Crippen molar-refractivity contribution in [2.45, 2.75) is 99.3 Å². The van der Waals surface area contributed by atoms with Crippen LogP contribution in [0.4, 0.5) is 0 Å². The van der Waals surface area contributed by atoms with Crippen LogP contribution in [0.3, 0.4) is 0 Å². The number of esters is 2. The molecule has 158 valence electrons. The molecule has 0 aromatic carbocycles. The molecule has 0 aromatic rings. The molecule has 0 unspecified atom stereocenters. The van der Waals surface area contributed by atoms with Crippen molar-refractivity contribution in [3.8, 4) is 0 Å². The van der Waals surface area contributed by atoms with Crippen molar-refractivity contribution < 1.29 is 19.1 Å². The number of carbonyl (C=O) groups is 2. The molecule has 0 aliphatic heterocycles. The van der Waals surface area contributed by atoms with Gasteiger partial charge in [0, 0.05) is 0 Å². The third kappa shape index (κ3) is 11.9. The first kappa shape index (κ1) is 25.7. The maximum absolute atomic E-state index is 11.8. The summed E-state index contributed by atoms with van der Waals surface area (Å²) in [4.78, 5) is 23.7. The molecule has 0 bridgehead atoms. The third-order valence-corrected chi connectivity index (χ3v) is 4.92. The summed E-state index contributed by atoms with van der Waals surface area (Å²) < 4.78 is 10.2. The molecule has 0 heterocycles. The van der Waals surface area contributed by atoms with Crippen molar-refractivity contribution in [1.29, 1.82) is 0 Å². The summed E-state index contributed by atoms with van der Waals surface area (Å²) in [6, 6.07) is 0. The van der Waals surface area contributed by atoms with Crippen LogP contribution in [0.25, 0.3) is 0 Å². The Morgan fingerprint density at radius 3 is 1.44 bits per heavy atom. The van der Waals surface area contributed by atoms with Gasteiger partial charge in [0.05, 0.1) is 24.0 Å². The molecular formula is C23H42O4. The highest BCUT2D eigenvalue weighted by Gasteiger charge is 2.28. The molecule has 0 saturated heterocycles. The summed E-state index contributed by atoms with van der Waals surface area (Å²) in [5.74, 6) is -0.178. The minimum Gasteiger partial charge on any atom is -0.466 e. The van der Waals surface area contributed by atoms with Crippen molar-refractivity contribution in [2.75, 3.05) is 13.2 Å². The molecule has 0 atom stereocenters. The van der Waals surface area contributed by atoms with Gasteiger partial charge in [-0.1, -0.05) is 31.4 Å². The van der Waals surface area contributed by atoms with Crippen molar-refractivity contribution in [3.63, 3.8) is 0 Å². The number of carbonyl (C=O) groups excluding carboxylic acids is 2. The predicted molar refractivity (Wildman–Crippen MR) is 112 cm³/mol. The van der Waals surface area contributed by atoms with E-state index in [0.29, 0.717) is 13.2 Å². The Morgan fingerprint density at radius 2 is 1.04 bits per heavy atom. The van der Waals surface area contributed by atoms with Crippen molar-refractivity contribution in [2.24, 2.45) is 10.8 Å². The molecule has 0 fully saturated rings. The standard InChI is InChI=1S/C23H42O4/c1-7-26-20(24)22(3,4)18-16-14-12-10-9-11-13-15-17-19-23(5,6)21(25)27-8-2/h9-10H,7-8,11-19H2,1-6H3/b10-9+. The van der Waals surface area contributed by atoms with Gasteiger partial charge in [0.1, 0.15) is 0 Å². The van der Waals surface area contributed by atoms with Crippen LogP contribution in [-0.2, 0) is 19.1 Å². The SMILES string of the molecule is CCOC(=O)C(C)(C)CCCC/C=C/CCCCCC(C)(C)C(=O)OCC. The molecule has 0 amide bonds. The summed E-state index contributed by atoms with van der Waals surface area (Å²) in [6.45, 7) is 12.5. The van der Waals surface area contributed by atoms with E-state index in [0.717, 1.165) is 57.8 Å². The van der Waals surface area contributed by atoms with Crippen LogP contribution >= 0.6 is 0 Å². The van der Waals surface area contributed by atoms with Gasteiger partial charge in [0.15, 0.2) is 0 Å². The van der Waals surface area contributed by atoms with Crippen molar-refractivity contribution in [3.05, 3.63) is 12.2 Å². The van der Waals surface area contributed by atoms with E-state index in [4.69, 9.17) is 9.47 Å². The molecule has 4 heteroatoms. The Balaban J connectivity index is 3.72. The monoisotopic (exact) mass is 382 g/mol. The molecule has 0 aliphatic rings. The topological polar surface area (TPSA) is 52.6 Å². The molecule has 0 rings (SSSR count). The number of hydrogen-bond acceptors (Lipinski definition) is 4. The lowest BCUT2D eigenvalue weighted by Gasteiger charge is -2.21. The average Bonchev–Trinajstić information content (AvgIpc) is 2.59. The number of rotatable bonds is 15. The second kappa shape index (κ2) is 13.8. The molecule has 0 spiro atoms. The van der Waals surface area contributed by atoms with Gasteiger partial charge in [0.2, 0.25) is 0 Å². The van der Waals surface area contributed by atoms with Gasteiger partial charge in [-0.15, -0.1) is 0 Å². The van der Waals surface area contributed by atoms with E-state index >= 15 is 0 Å². The fourth-order valence-electron chi connectivity index (χ4n) is 2.93. The van der Waals surface area contributed by atoms with E-state index in [9.17, 15) is 9.59 Å². The summed E-state index contributed by atoms with van der Waals surface area (Å²) >= 11 is 0. The second-order valence-electron chi connectivity index (χ2n) is 8.53. The molecule has 27 heavy (non-hydrogen) atoms. The first-order valence-electron chi connectivity index (χ1n) is 10.7. The Kier molecular flexibility index (Phi) is 13.1. The molecule has 0 N–H and O–H groups in total. The maximum atomic E-state index is 11.8. The highest BCUT2D eigenvalue weighted by molar-refractivity contribution is 5.76. The van der Waals surface area contributed by atoms with Gasteiger partial charge in [-0.25, -0.2) is 0 Å². The first-order chi connectivity index (χ1) is 12.7. The summed E-state index contributed by atoms with van der Waals surface area (Å²) in [7, 11) is 0. The quantitative estimate of drug-likeness (QED) is 0.191. The number of hydrogen-bond donors (Lipinski definition) is 0. The lowest BCUT2D eigenvalue weighted by molar-refractivity contribution is -0.154. The van der Waals surface area contributed by atoms with Crippen molar-refractivity contribution in [1.82, 2.24) is 0 Å². The van der Waals surface area contributed by atoms with Gasteiger partial charge < -0.3 is 9.47 Å². The van der Waals surface area contributed by atoms with Gasteiger partial charge >= 0.3 is 11.9 Å². The number of allylic oxidation sites excluding steroid dienone is 2. The van der Waals surface area contributed by atoms with Crippen molar-refractivity contribution >= 4 is 11.9 Å². The van der Waals surface area contributed by atoms with Crippen LogP contribution in [-0.4, -0.2) is 25.2 Å². The van der Waals surface area contributed by atoms with Crippen LogP contribution < -0.4 is 0 Å². The number of ether oxygens (including phenoxy) is 2. The zero-order valence-electron chi connectivity index (χ0n) is 18.6. The van der Waals surface area contributed by atoms with Crippen LogP contribution in [0.5, 0.6) is 0 Å². The summed E-state index contributed by atoms with van der Waals surface area (Å²) in [6.07, 6.45) is 13.9. The van der Waals surface area contributed by atoms with Crippen LogP contribution in [0.15, 0.2) is 12.2 Å². The van der Waals surface area contributed by atoms with E-state index in [1.807, 2.05) is 41.5 Å². The molecule has 4 nitrogen and oxygen atoms in total. The lowest BCUT2D eigenvalue weighted by atomic mass is 9.87. The van der Waals surface area contributed by atoms with Crippen LogP contribution in [0.1, 0.15) is 99.3 Å². The normalized spacial score (nSPS) is 12.4. The molecule has 0 aromatic heterocycles. The average molecular weight is 383 g/mol. The first-order valence-corrected chi connectivity index (χ1v) is 10.7. The molecule has 0 aliphatic carbocycles. The van der Waals surface area contributed by atoms with Crippen LogP contribution in [0.2, 0.25) is 0 Å². The Bertz CT molecular complexity index is 449. The van der Waals surface area contributed by atoms with E-state index in [-0.39, 0.29) is 22.8 Å². The molecule has 0 radical (unpaired) electrons. The zero-order valence-corrected chi connectivity index (χ0v) is 18.6. The van der Waals surface area contributed by atoms with E-state index in [1.54, 1.807) is 0 Å². The third-order valence-electron chi connectivity index (χ3n) is 4.92. The fourth-order valence-corrected chi connectivity index (χ4v) is 2.93. The van der Waals surface area contributed by atoms with E-state index < -0.39 is 0 Å². The molecule has 0 saturated carbocycles. The highest BCUT2D eigenvalue weighted by Crippen LogP contribution is 2.26.